The van der Waals surface area contributed by atoms with Crippen molar-refractivity contribution < 1.29 is 0 Å². The van der Waals surface area contributed by atoms with E-state index in [2.05, 4.69) is 52.9 Å². The molecule has 3 nitrogen and oxygen atoms in total. The summed E-state index contributed by atoms with van der Waals surface area (Å²) in [6.07, 6.45) is 2.67. The van der Waals surface area contributed by atoms with Gasteiger partial charge in [0.25, 0.3) is 0 Å². The molecule has 0 unspecified atom stereocenters. The molecule has 0 amide bonds. The molecular formula is C18H27N3. The summed E-state index contributed by atoms with van der Waals surface area (Å²) in [6.45, 7) is 10.0. The SMILES string of the molecule is Cc1ccccc1N1CCC(N2CC3(CN(C)C3)C2)CC1. The van der Waals surface area contributed by atoms with Crippen LogP contribution in [0.4, 0.5) is 5.69 Å². The third-order valence-corrected chi connectivity index (χ3v) is 5.72. The highest BCUT2D eigenvalue weighted by Gasteiger charge is 2.51. The van der Waals surface area contributed by atoms with Crippen LogP contribution in [0.15, 0.2) is 24.3 Å². The van der Waals surface area contributed by atoms with Gasteiger partial charge in [0.15, 0.2) is 0 Å². The van der Waals surface area contributed by atoms with Crippen LogP contribution in [0.1, 0.15) is 18.4 Å². The molecule has 0 bridgehead atoms. The van der Waals surface area contributed by atoms with Crippen LogP contribution in [-0.4, -0.2) is 62.2 Å². The lowest BCUT2D eigenvalue weighted by Gasteiger charge is -2.62. The molecule has 3 heterocycles. The molecule has 4 rings (SSSR count). The molecular weight excluding hydrogens is 258 g/mol. The highest BCUT2D eigenvalue weighted by molar-refractivity contribution is 5.53. The van der Waals surface area contributed by atoms with Gasteiger partial charge in [0.1, 0.15) is 0 Å². The standard InChI is InChI=1S/C18H27N3/c1-15-5-3-4-6-17(15)20-9-7-16(8-10-20)21-13-18(14-21)11-19(2)12-18/h3-6,16H,7-14H2,1-2H3. The smallest absolute Gasteiger partial charge is 0.0395 e. The van der Waals surface area contributed by atoms with Crippen LogP contribution < -0.4 is 4.90 Å². The van der Waals surface area contributed by atoms with Gasteiger partial charge in [-0.3, -0.25) is 4.90 Å². The van der Waals surface area contributed by atoms with Gasteiger partial charge in [-0.15, -0.1) is 0 Å². The molecule has 21 heavy (non-hydrogen) atoms. The van der Waals surface area contributed by atoms with Crippen molar-refractivity contribution in [1.82, 2.24) is 9.80 Å². The van der Waals surface area contributed by atoms with Crippen LogP contribution in [0.5, 0.6) is 0 Å². The number of nitrogens with zero attached hydrogens (tertiary/aromatic N) is 3. The molecule has 0 radical (unpaired) electrons. The Hall–Kier alpha value is -1.06. The summed E-state index contributed by atoms with van der Waals surface area (Å²) >= 11 is 0. The van der Waals surface area contributed by atoms with Crippen molar-refractivity contribution in [3.63, 3.8) is 0 Å². The first-order valence-corrected chi connectivity index (χ1v) is 8.38. The number of benzene rings is 1. The second-order valence-corrected chi connectivity index (χ2v) is 7.58. The monoisotopic (exact) mass is 285 g/mol. The highest BCUT2D eigenvalue weighted by Crippen LogP contribution is 2.41. The minimum atomic E-state index is 0.682. The highest BCUT2D eigenvalue weighted by atomic mass is 15.3. The Morgan fingerprint density at radius 2 is 1.67 bits per heavy atom. The van der Waals surface area contributed by atoms with E-state index in [1.54, 1.807) is 0 Å². The predicted molar refractivity (Wildman–Crippen MR) is 87.9 cm³/mol. The number of likely N-dealkylation sites (tertiary alicyclic amines) is 2. The first-order valence-electron chi connectivity index (χ1n) is 8.38. The lowest BCUT2D eigenvalue weighted by molar-refractivity contribution is -0.123. The number of para-hydroxylation sites is 1. The lowest BCUT2D eigenvalue weighted by Crippen LogP contribution is -2.73. The first-order chi connectivity index (χ1) is 10.2. The number of aryl methyl sites for hydroxylation is 1. The largest absolute Gasteiger partial charge is 0.371 e. The van der Waals surface area contributed by atoms with Crippen LogP contribution in [0, 0.1) is 12.3 Å². The molecule has 1 aromatic carbocycles. The Balaban J connectivity index is 1.31. The van der Waals surface area contributed by atoms with Gasteiger partial charge in [0.2, 0.25) is 0 Å². The molecule has 3 saturated heterocycles. The van der Waals surface area contributed by atoms with Crippen molar-refractivity contribution >= 4 is 5.69 Å². The van der Waals surface area contributed by atoms with Gasteiger partial charge in [-0.1, -0.05) is 18.2 Å². The second kappa shape index (κ2) is 4.99. The van der Waals surface area contributed by atoms with Crippen LogP contribution in [-0.2, 0) is 0 Å². The topological polar surface area (TPSA) is 9.72 Å². The minimum absolute atomic E-state index is 0.682. The third kappa shape index (κ3) is 2.36. The zero-order chi connectivity index (χ0) is 14.4. The van der Waals surface area contributed by atoms with E-state index in [4.69, 9.17) is 0 Å². The summed E-state index contributed by atoms with van der Waals surface area (Å²) in [5.74, 6) is 0. The van der Waals surface area contributed by atoms with E-state index in [-0.39, 0.29) is 0 Å². The average molecular weight is 285 g/mol. The van der Waals surface area contributed by atoms with Crippen molar-refractivity contribution in [3.05, 3.63) is 29.8 Å². The Morgan fingerprint density at radius 3 is 2.29 bits per heavy atom. The fourth-order valence-electron chi connectivity index (χ4n) is 4.76. The van der Waals surface area contributed by atoms with Gasteiger partial charge in [-0.25, -0.2) is 0 Å². The summed E-state index contributed by atoms with van der Waals surface area (Å²) in [5.41, 5.74) is 3.54. The van der Waals surface area contributed by atoms with Gasteiger partial charge in [0.05, 0.1) is 0 Å². The maximum Gasteiger partial charge on any atom is 0.0395 e. The quantitative estimate of drug-likeness (QED) is 0.825. The van der Waals surface area contributed by atoms with E-state index in [0.717, 1.165) is 6.04 Å². The predicted octanol–water partition coefficient (Wildman–Crippen LogP) is 2.21. The van der Waals surface area contributed by atoms with Gasteiger partial charge >= 0.3 is 0 Å². The normalized spacial score (nSPS) is 26.7. The van der Waals surface area contributed by atoms with E-state index < -0.39 is 0 Å². The zero-order valence-corrected chi connectivity index (χ0v) is 13.4. The molecule has 0 aliphatic carbocycles. The average Bonchev–Trinajstić information content (AvgIpc) is 2.42. The Morgan fingerprint density at radius 1 is 1.00 bits per heavy atom. The maximum absolute atomic E-state index is 2.75. The molecule has 0 aromatic heterocycles. The Bertz CT molecular complexity index is 505. The van der Waals surface area contributed by atoms with E-state index in [1.165, 1.54) is 63.4 Å². The maximum atomic E-state index is 2.75. The summed E-state index contributed by atoms with van der Waals surface area (Å²) < 4.78 is 0. The van der Waals surface area contributed by atoms with Crippen LogP contribution in [0.3, 0.4) is 0 Å². The number of rotatable bonds is 2. The van der Waals surface area contributed by atoms with Crippen LogP contribution >= 0.6 is 0 Å². The summed E-state index contributed by atoms with van der Waals surface area (Å²) in [5, 5.41) is 0. The van der Waals surface area contributed by atoms with Crippen LogP contribution in [0.2, 0.25) is 0 Å². The molecule has 1 spiro atoms. The Kier molecular flexibility index (Phi) is 3.23. The van der Waals surface area contributed by atoms with Crippen molar-refractivity contribution in [2.24, 2.45) is 5.41 Å². The number of piperidine rings is 1. The molecule has 0 saturated carbocycles. The van der Waals surface area contributed by atoms with Crippen molar-refractivity contribution in [3.8, 4) is 0 Å². The third-order valence-electron chi connectivity index (χ3n) is 5.72. The molecule has 0 atom stereocenters. The fourth-order valence-corrected chi connectivity index (χ4v) is 4.76. The van der Waals surface area contributed by atoms with Gasteiger partial charge in [-0.2, -0.15) is 0 Å². The second-order valence-electron chi connectivity index (χ2n) is 7.58. The molecule has 3 fully saturated rings. The molecule has 3 aliphatic rings. The summed E-state index contributed by atoms with van der Waals surface area (Å²) in [6, 6.07) is 9.65. The van der Waals surface area contributed by atoms with Crippen LogP contribution in [0.25, 0.3) is 0 Å². The van der Waals surface area contributed by atoms with E-state index in [1.807, 2.05) is 0 Å². The van der Waals surface area contributed by atoms with Crippen molar-refractivity contribution in [2.75, 3.05) is 51.2 Å². The number of hydrogen-bond donors (Lipinski definition) is 0. The summed E-state index contributed by atoms with van der Waals surface area (Å²) in [7, 11) is 2.24. The minimum Gasteiger partial charge on any atom is -0.371 e. The zero-order valence-electron chi connectivity index (χ0n) is 13.4. The molecule has 1 aromatic rings. The number of hydrogen-bond acceptors (Lipinski definition) is 3. The van der Waals surface area contributed by atoms with Gasteiger partial charge in [-0.05, 0) is 38.4 Å². The molecule has 114 valence electrons. The van der Waals surface area contributed by atoms with E-state index >= 15 is 0 Å². The Labute approximate surface area is 128 Å². The van der Waals surface area contributed by atoms with Crippen molar-refractivity contribution in [2.45, 2.75) is 25.8 Å². The summed E-state index contributed by atoms with van der Waals surface area (Å²) in [4.78, 5) is 7.79. The lowest BCUT2D eigenvalue weighted by atomic mass is 9.72. The molecule has 0 N–H and O–H groups in total. The fraction of sp³-hybridized carbons (Fsp3) is 0.667. The molecule has 3 heteroatoms. The molecule has 3 aliphatic heterocycles. The van der Waals surface area contributed by atoms with Gasteiger partial charge in [0, 0.05) is 56.4 Å². The van der Waals surface area contributed by atoms with Crippen molar-refractivity contribution in [1.29, 1.82) is 0 Å². The number of anilines is 1. The van der Waals surface area contributed by atoms with E-state index in [0.29, 0.717) is 5.41 Å². The first kappa shape index (κ1) is 13.6. The van der Waals surface area contributed by atoms with Gasteiger partial charge < -0.3 is 9.80 Å². The van der Waals surface area contributed by atoms with E-state index in [9.17, 15) is 0 Å².